The van der Waals surface area contributed by atoms with Gasteiger partial charge in [0.2, 0.25) is 0 Å². The van der Waals surface area contributed by atoms with Gasteiger partial charge in [-0.25, -0.2) is 4.98 Å². The van der Waals surface area contributed by atoms with Gasteiger partial charge in [-0.2, -0.15) is 12.1 Å². The number of hydrogen-bond acceptors (Lipinski definition) is 5. The van der Waals surface area contributed by atoms with Gasteiger partial charge in [0.25, 0.3) is 0 Å². The first-order valence-corrected chi connectivity index (χ1v) is 29.9. The summed E-state index contributed by atoms with van der Waals surface area (Å²) >= 11 is 0. The van der Waals surface area contributed by atoms with Crippen LogP contribution in [0.25, 0.3) is 71.8 Å². The van der Waals surface area contributed by atoms with Crippen LogP contribution in [0, 0.1) is 18.8 Å². The molecule has 7 heteroatoms. The number of aromatic nitrogens is 2. The summed E-state index contributed by atoms with van der Waals surface area (Å²) in [6.07, 6.45) is 1.92. The van der Waals surface area contributed by atoms with Gasteiger partial charge in [0.15, 0.2) is 0 Å². The smallest absolute Gasteiger partial charge is 0.137 e. The van der Waals surface area contributed by atoms with Gasteiger partial charge in [0, 0.05) is 72.3 Å². The Morgan fingerprint density at radius 1 is 0.435 bits per heavy atom. The zero-order valence-corrected chi connectivity index (χ0v) is 55.3. The van der Waals surface area contributed by atoms with E-state index in [2.05, 4.69) is 285 Å². The number of para-hydroxylation sites is 3. The van der Waals surface area contributed by atoms with Crippen molar-refractivity contribution in [2.45, 2.75) is 157 Å². The topological polar surface area (TPSA) is 46.7 Å². The van der Waals surface area contributed by atoms with Crippen molar-refractivity contribution in [1.29, 1.82) is 0 Å². The fraction of sp³-hybridized carbons (Fsp3) is 0.308. The fourth-order valence-corrected chi connectivity index (χ4v) is 12.2. The third kappa shape index (κ3) is 10.8. The van der Waals surface area contributed by atoms with Gasteiger partial charge in [0.05, 0.1) is 10.9 Å². The van der Waals surface area contributed by atoms with Crippen molar-refractivity contribution >= 4 is 66.5 Å². The normalized spacial score (nSPS) is 13.6. The quantitative estimate of drug-likeness (QED) is 0.149. The van der Waals surface area contributed by atoms with Crippen LogP contribution in [-0.4, -0.2) is 9.55 Å². The Hall–Kier alpha value is -7.40. The number of pyridine rings is 1. The van der Waals surface area contributed by atoms with Crippen LogP contribution >= 0.6 is 0 Å². The molecule has 8 aromatic carbocycles. The van der Waals surface area contributed by atoms with Crippen LogP contribution in [0.2, 0.25) is 0 Å². The number of benzene rings is 8. The van der Waals surface area contributed by atoms with Crippen molar-refractivity contribution in [2.24, 2.45) is 0 Å². The third-order valence-corrected chi connectivity index (χ3v) is 17.0. The van der Waals surface area contributed by atoms with E-state index in [1.165, 1.54) is 55.6 Å². The molecule has 0 bridgehead atoms. The second-order valence-corrected chi connectivity index (χ2v) is 29.5. The zero-order chi connectivity index (χ0) is 59.8. The van der Waals surface area contributed by atoms with Crippen LogP contribution < -0.4 is 14.5 Å². The van der Waals surface area contributed by atoms with E-state index in [-0.39, 0.29) is 53.6 Å². The van der Waals surface area contributed by atoms with E-state index in [1.54, 1.807) is 0 Å². The van der Waals surface area contributed by atoms with Crippen molar-refractivity contribution in [1.82, 2.24) is 9.55 Å². The Bertz CT molecular complexity index is 4300. The SMILES string of the molecule is CC(C)(C)c1ccnc(-n2c3[c-]c(Oc4[c-]c(N5[CH-]N(c6c(-c7ccc(C(C)(C)C)cc7C(C)(C)C)cc(C(C)(C)C)cc6-c6ccc(C(C)(C)C)cc6C(C)(C)C)c6ccccc65)ccc4)ccc3c3ccc4oc5ccccc5c4c32)c1.[Pt]. The molecule has 6 nitrogen and oxygen atoms in total. The molecule has 0 saturated carbocycles. The molecule has 11 aromatic rings. The molecule has 3 aromatic heterocycles. The first kappa shape index (κ1) is 59.3. The largest absolute Gasteiger partial charge is 0.509 e. The summed E-state index contributed by atoms with van der Waals surface area (Å²) < 4.78 is 15.7. The maximum atomic E-state index is 6.93. The third-order valence-electron chi connectivity index (χ3n) is 17.0. The average molecular weight is 1300 g/mol. The first-order chi connectivity index (χ1) is 39.4. The summed E-state index contributed by atoms with van der Waals surface area (Å²) in [7, 11) is 0. The van der Waals surface area contributed by atoms with Gasteiger partial charge in [0.1, 0.15) is 17.0 Å². The molecular weight excluding hydrogens is 1220 g/mol. The summed E-state index contributed by atoms with van der Waals surface area (Å²) in [5, 5.41) is 4.23. The molecule has 0 spiro atoms. The molecule has 0 unspecified atom stereocenters. The second-order valence-electron chi connectivity index (χ2n) is 29.5. The van der Waals surface area contributed by atoms with Crippen molar-refractivity contribution in [3.8, 4) is 39.6 Å². The second kappa shape index (κ2) is 20.9. The molecule has 0 amide bonds. The predicted molar refractivity (Wildman–Crippen MR) is 355 cm³/mol. The zero-order valence-electron chi connectivity index (χ0n) is 53.0. The maximum Gasteiger partial charge on any atom is 0.137 e. The number of furan rings is 1. The van der Waals surface area contributed by atoms with Crippen LogP contribution in [0.4, 0.5) is 22.7 Å². The molecule has 1 aliphatic rings. The number of ether oxygens (including phenoxy) is 1. The molecule has 85 heavy (non-hydrogen) atoms. The minimum Gasteiger partial charge on any atom is -0.509 e. The molecule has 1 aliphatic heterocycles. The Balaban J connectivity index is 0.00000752. The Morgan fingerprint density at radius 2 is 0.976 bits per heavy atom. The van der Waals surface area contributed by atoms with E-state index in [1.807, 2.05) is 30.5 Å². The fourth-order valence-electron chi connectivity index (χ4n) is 12.2. The Labute approximate surface area is 519 Å². The summed E-state index contributed by atoms with van der Waals surface area (Å²) in [4.78, 5) is 9.77. The number of rotatable bonds is 7. The molecule has 438 valence electrons. The Morgan fingerprint density at radius 3 is 1.56 bits per heavy atom. The van der Waals surface area contributed by atoms with E-state index in [4.69, 9.17) is 14.1 Å². The number of anilines is 4. The standard InChI is InChI=1S/C78H81N4O2.Pt/c1-73(2,3)48-30-33-55(62(42-48)77(13,14)15)60-40-51(76(10,11)12)41-61(56-34-31-49(74(4,5)6)43-63(56)78(16,17)18)71(60)81-47-80(64-27-20-21-28-65(64)81)52-24-23-25-53(45-52)83-54-32-35-57-58-36-37-68-70(59-26-19-22-29-67(59)84-68)72(58)82(66(57)46-54)69-44-50(38-39-79-69)75(7,8)9;/h19-44,47H,1-18H3;/q-3;. The molecular formula is C78H81N4O2Pt-3. The van der Waals surface area contributed by atoms with Crippen molar-refractivity contribution in [3.05, 3.63) is 210 Å². The van der Waals surface area contributed by atoms with Gasteiger partial charge >= 0.3 is 0 Å². The van der Waals surface area contributed by atoms with Crippen molar-refractivity contribution in [2.75, 3.05) is 9.80 Å². The number of hydrogen-bond donors (Lipinski definition) is 0. The minimum absolute atomic E-state index is 0. The number of nitrogens with zero attached hydrogens (tertiary/aromatic N) is 4. The van der Waals surface area contributed by atoms with Crippen LogP contribution in [0.15, 0.2) is 162 Å². The van der Waals surface area contributed by atoms with E-state index in [0.717, 1.165) is 72.3 Å². The summed E-state index contributed by atoms with van der Waals surface area (Å²) in [5.41, 5.74) is 19.6. The van der Waals surface area contributed by atoms with Crippen molar-refractivity contribution < 1.29 is 30.2 Å². The van der Waals surface area contributed by atoms with Gasteiger partial charge in [-0.15, -0.1) is 48.1 Å². The minimum atomic E-state index is -0.168. The molecule has 12 rings (SSSR count). The summed E-state index contributed by atoms with van der Waals surface area (Å²) in [6, 6.07) is 62.9. The van der Waals surface area contributed by atoms with E-state index >= 15 is 0 Å². The van der Waals surface area contributed by atoms with Gasteiger partial charge in [-0.1, -0.05) is 203 Å². The molecule has 0 aliphatic carbocycles. The monoisotopic (exact) mass is 1300 g/mol. The molecule has 0 fully saturated rings. The molecule has 0 saturated heterocycles. The molecule has 0 N–H and O–H groups in total. The summed E-state index contributed by atoms with van der Waals surface area (Å²) in [6.45, 7) is 44.1. The Kier molecular flexibility index (Phi) is 14.6. The number of fused-ring (bicyclic) bond motifs is 8. The first-order valence-electron chi connectivity index (χ1n) is 29.9. The molecule has 0 radical (unpaired) electrons. The summed E-state index contributed by atoms with van der Waals surface area (Å²) in [5.74, 6) is 1.95. The van der Waals surface area contributed by atoms with Crippen molar-refractivity contribution in [3.63, 3.8) is 0 Å². The van der Waals surface area contributed by atoms with Crippen LogP contribution in [0.3, 0.4) is 0 Å². The average Bonchev–Trinajstić information content (AvgIpc) is 1.67. The van der Waals surface area contributed by atoms with Gasteiger partial charge in [-0.3, -0.25) is 0 Å². The van der Waals surface area contributed by atoms with Gasteiger partial charge < -0.3 is 23.5 Å². The van der Waals surface area contributed by atoms with Crippen LogP contribution in [0.5, 0.6) is 11.5 Å². The van der Waals surface area contributed by atoms with Crippen LogP contribution in [0.1, 0.15) is 158 Å². The molecule has 0 atom stereocenters. The predicted octanol–water partition coefficient (Wildman–Crippen LogP) is 22.0. The van der Waals surface area contributed by atoms with Gasteiger partial charge in [-0.05, 0) is 131 Å². The maximum absolute atomic E-state index is 6.93. The van der Waals surface area contributed by atoms with E-state index in [9.17, 15) is 0 Å². The van der Waals surface area contributed by atoms with Crippen LogP contribution in [-0.2, 0) is 53.6 Å². The molecule has 4 heterocycles. The van der Waals surface area contributed by atoms with E-state index in [0.29, 0.717) is 11.5 Å². The van der Waals surface area contributed by atoms with E-state index < -0.39 is 0 Å².